The van der Waals surface area contributed by atoms with Crippen molar-refractivity contribution in [3.05, 3.63) is 65.9 Å². The van der Waals surface area contributed by atoms with Crippen LogP contribution >= 0.6 is 0 Å². The molecular weight excluding hydrogens is 532 g/mol. The Morgan fingerprint density at radius 3 is 2.40 bits per heavy atom. The van der Waals surface area contributed by atoms with Crippen molar-refractivity contribution in [2.45, 2.75) is 64.4 Å². The number of ether oxygens (including phenoxy) is 1. The van der Waals surface area contributed by atoms with E-state index in [2.05, 4.69) is 36.4 Å². The molecule has 2 amide bonds. The molecule has 5 N–H and O–H groups in total. The van der Waals surface area contributed by atoms with Gasteiger partial charge in [-0.15, -0.1) is 0 Å². The first-order valence-corrected chi connectivity index (χ1v) is 14.4. The maximum atomic E-state index is 12.6. The van der Waals surface area contributed by atoms with Crippen LogP contribution in [0.4, 0.5) is 28.1 Å². The standard InChI is InChI=1S/C31H38N8O3/c1-31(2,3)42-30(41)33-18-8-4-7-17-32-28(40)21-13-15-22(16-14-21)34-29-35-24-10-6-5-9-23(24)27(37-29)36-26-19-25(38-39-26)20-11-12-20/h5-6,9-10,13-16,19-20H,4,7-8,11-12,17-18H2,1-3H3,(H,32,40)(H,33,41)(H3,34,35,36,37,38,39). The summed E-state index contributed by atoms with van der Waals surface area (Å²) in [7, 11) is 0. The molecule has 1 aliphatic rings. The van der Waals surface area contributed by atoms with E-state index in [1.807, 2.05) is 63.2 Å². The fourth-order valence-corrected chi connectivity index (χ4v) is 4.42. The number of amides is 2. The number of aromatic nitrogens is 4. The van der Waals surface area contributed by atoms with E-state index >= 15 is 0 Å². The molecule has 42 heavy (non-hydrogen) atoms. The molecule has 5 rings (SSSR count). The monoisotopic (exact) mass is 570 g/mol. The lowest BCUT2D eigenvalue weighted by molar-refractivity contribution is 0.0527. The third-order valence-corrected chi connectivity index (χ3v) is 6.68. The highest BCUT2D eigenvalue weighted by molar-refractivity contribution is 5.94. The average molecular weight is 571 g/mol. The smallest absolute Gasteiger partial charge is 0.407 e. The van der Waals surface area contributed by atoms with Gasteiger partial charge in [0.05, 0.1) is 5.52 Å². The number of carbonyl (C=O) groups excluding carboxylic acids is 2. The molecule has 11 nitrogen and oxygen atoms in total. The first kappa shape index (κ1) is 28.8. The van der Waals surface area contributed by atoms with E-state index in [0.29, 0.717) is 36.3 Å². The number of aromatic amines is 1. The Morgan fingerprint density at radius 1 is 0.929 bits per heavy atom. The second-order valence-electron chi connectivity index (χ2n) is 11.5. The number of para-hydroxylation sites is 1. The predicted molar refractivity (Wildman–Crippen MR) is 164 cm³/mol. The number of H-pyrrole nitrogens is 1. The second kappa shape index (κ2) is 12.9. The van der Waals surface area contributed by atoms with Crippen LogP contribution in [-0.2, 0) is 4.74 Å². The molecule has 11 heteroatoms. The highest BCUT2D eigenvalue weighted by Gasteiger charge is 2.25. The second-order valence-corrected chi connectivity index (χ2v) is 11.5. The third kappa shape index (κ3) is 8.18. The maximum Gasteiger partial charge on any atom is 0.407 e. The van der Waals surface area contributed by atoms with Crippen LogP contribution in [0.1, 0.15) is 74.8 Å². The van der Waals surface area contributed by atoms with E-state index < -0.39 is 11.7 Å². The van der Waals surface area contributed by atoms with Gasteiger partial charge in [-0.2, -0.15) is 10.1 Å². The minimum absolute atomic E-state index is 0.133. The molecule has 2 aromatic carbocycles. The molecule has 1 fully saturated rings. The number of anilines is 4. The van der Waals surface area contributed by atoms with Gasteiger partial charge >= 0.3 is 6.09 Å². The number of rotatable bonds is 12. The summed E-state index contributed by atoms with van der Waals surface area (Å²) in [4.78, 5) is 33.6. The van der Waals surface area contributed by atoms with Crippen molar-refractivity contribution in [2.24, 2.45) is 0 Å². The van der Waals surface area contributed by atoms with Crippen LogP contribution < -0.4 is 21.3 Å². The number of nitrogens with one attached hydrogen (secondary N) is 5. The molecule has 0 saturated heterocycles. The van der Waals surface area contributed by atoms with E-state index in [1.54, 1.807) is 12.1 Å². The Morgan fingerprint density at radius 2 is 1.67 bits per heavy atom. The van der Waals surface area contributed by atoms with Gasteiger partial charge in [0.15, 0.2) is 5.82 Å². The molecule has 0 bridgehead atoms. The fraction of sp³-hybridized carbons (Fsp3) is 0.387. The van der Waals surface area contributed by atoms with Gasteiger partial charge in [0.2, 0.25) is 5.95 Å². The summed E-state index contributed by atoms with van der Waals surface area (Å²) in [6.07, 6.45) is 4.49. The predicted octanol–water partition coefficient (Wildman–Crippen LogP) is 6.14. The number of hydrogen-bond acceptors (Lipinski definition) is 8. The van der Waals surface area contributed by atoms with Gasteiger partial charge in [0, 0.05) is 47.4 Å². The Kier molecular flexibility index (Phi) is 8.85. The summed E-state index contributed by atoms with van der Waals surface area (Å²) in [5.74, 6) is 2.27. The van der Waals surface area contributed by atoms with Gasteiger partial charge in [0.1, 0.15) is 11.4 Å². The molecule has 4 aromatic rings. The summed E-state index contributed by atoms with van der Waals surface area (Å²) in [6.45, 7) is 6.60. The minimum atomic E-state index is -0.506. The van der Waals surface area contributed by atoms with Gasteiger partial charge in [-0.25, -0.2) is 9.78 Å². The molecule has 0 spiro atoms. The fourth-order valence-electron chi connectivity index (χ4n) is 4.42. The molecule has 1 aliphatic carbocycles. The Balaban J connectivity index is 1.11. The van der Waals surface area contributed by atoms with Crippen LogP contribution in [0, 0.1) is 0 Å². The number of nitrogens with zero attached hydrogens (tertiary/aromatic N) is 3. The quantitative estimate of drug-likeness (QED) is 0.128. The summed E-state index contributed by atoms with van der Waals surface area (Å²) in [6, 6.07) is 17.1. The Labute approximate surface area is 245 Å². The van der Waals surface area contributed by atoms with Gasteiger partial charge in [-0.3, -0.25) is 9.89 Å². The van der Waals surface area contributed by atoms with Crippen molar-refractivity contribution in [3.8, 4) is 0 Å². The van der Waals surface area contributed by atoms with Crippen LogP contribution in [0.5, 0.6) is 0 Å². The molecule has 0 radical (unpaired) electrons. The lowest BCUT2D eigenvalue weighted by atomic mass is 10.2. The highest BCUT2D eigenvalue weighted by atomic mass is 16.6. The summed E-state index contributed by atoms with van der Waals surface area (Å²) < 4.78 is 5.22. The third-order valence-electron chi connectivity index (χ3n) is 6.68. The van der Waals surface area contributed by atoms with E-state index in [-0.39, 0.29) is 5.91 Å². The van der Waals surface area contributed by atoms with Crippen LogP contribution in [0.3, 0.4) is 0 Å². The summed E-state index contributed by atoms with van der Waals surface area (Å²) in [5, 5.41) is 20.7. The number of unbranched alkanes of at least 4 members (excludes halogenated alkanes) is 2. The SMILES string of the molecule is CC(C)(C)OC(=O)NCCCCCNC(=O)c1ccc(Nc2nc(Nc3cc(C4CC4)[nH]n3)c3ccccc3n2)cc1. The molecule has 0 atom stereocenters. The van der Waals surface area contributed by atoms with Crippen LogP contribution in [-0.4, -0.2) is 50.9 Å². The topological polar surface area (TPSA) is 146 Å². The van der Waals surface area contributed by atoms with E-state index in [9.17, 15) is 9.59 Å². The average Bonchev–Trinajstić information content (AvgIpc) is 3.70. The largest absolute Gasteiger partial charge is 0.444 e. The van der Waals surface area contributed by atoms with E-state index in [4.69, 9.17) is 9.72 Å². The minimum Gasteiger partial charge on any atom is -0.444 e. The van der Waals surface area contributed by atoms with Crippen LogP contribution in [0.15, 0.2) is 54.6 Å². The first-order valence-electron chi connectivity index (χ1n) is 14.4. The zero-order valence-electron chi connectivity index (χ0n) is 24.3. The molecule has 2 heterocycles. The summed E-state index contributed by atoms with van der Waals surface area (Å²) >= 11 is 0. The number of benzene rings is 2. The zero-order valence-corrected chi connectivity index (χ0v) is 24.3. The molecule has 0 unspecified atom stereocenters. The molecule has 220 valence electrons. The van der Waals surface area contributed by atoms with Gasteiger partial charge in [-0.05, 0) is 89.3 Å². The normalized spacial score (nSPS) is 13.0. The van der Waals surface area contributed by atoms with Crippen LogP contribution in [0.25, 0.3) is 10.9 Å². The van der Waals surface area contributed by atoms with Crippen molar-refractivity contribution >= 4 is 46.2 Å². The number of fused-ring (bicyclic) bond motifs is 1. The Hall–Kier alpha value is -4.67. The lowest BCUT2D eigenvalue weighted by Crippen LogP contribution is -2.33. The van der Waals surface area contributed by atoms with Crippen molar-refractivity contribution in [3.63, 3.8) is 0 Å². The number of carbonyl (C=O) groups is 2. The maximum absolute atomic E-state index is 12.6. The van der Waals surface area contributed by atoms with Crippen molar-refractivity contribution in [2.75, 3.05) is 23.7 Å². The van der Waals surface area contributed by atoms with Gasteiger partial charge in [0.25, 0.3) is 5.91 Å². The van der Waals surface area contributed by atoms with Crippen molar-refractivity contribution in [1.82, 2.24) is 30.8 Å². The molecular formula is C31H38N8O3. The summed E-state index contributed by atoms with van der Waals surface area (Å²) in [5.41, 5.74) is 2.77. The Bertz CT molecular complexity index is 1520. The van der Waals surface area contributed by atoms with E-state index in [1.165, 1.54) is 12.8 Å². The number of hydrogen-bond donors (Lipinski definition) is 5. The molecule has 1 saturated carbocycles. The van der Waals surface area contributed by atoms with Crippen molar-refractivity contribution < 1.29 is 14.3 Å². The highest BCUT2D eigenvalue weighted by Crippen LogP contribution is 2.39. The first-order chi connectivity index (χ1) is 20.2. The van der Waals surface area contributed by atoms with Crippen molar-refractivity contribution in [1.29, 1.82) is 0 Å². The van der Waals surface area contributed by atoms with Gasteiger partial charge in [-0.1, -0.05) is 12.1 Å². The van der Waals surface area contributed by atoms with E-state index in [0.717, 1.165) is 47.4 Å². The van der Waals surface area contributed by atoms with Crippen LogP contribution in [0.2, 0.25) is 0 Å². The molecule has 0 aliphatic heterocycles. The zero-order chi connectivity index (χ0) is 29.5. The van der Waals surface area contributed by atoms with Gasteiger partial charge < -0.3 is 26.0 Å². The molecule has 2 aromatic heterocycles. The number of alkyl carbamates (subject to hydrolysis) is 1. The lowest BCUT2D eigenvalue weighted by Gasteiger charge is -2.19.